The number of halogens is 3. The molecule has 2 amide bonds. The molecule has 0 bridgehead atoms. The molecule has 0 heterocycles. The van der Waals surface area contributed by atoms with Crippen molar-refractivity contribution in [2.24, 2.45) is 5.73 Å². The van der Waals surface area contributed by atoms with Gasteiger partial charge in [-0.1, -0.05) is 12.1 Å². The van der Waals surface area contributed by atoms with Gasteiger partial charge in [-0.2, -0.15) is 0 Å². The molecule has 0 radical (unpaired) electrons. The van der Waals surface area contributed by atoms with Gasteiger partial charge in [-0.3, -0.25) is 9.59 Å². The molecule has 2 aromatic carbocycles. The van der Waals surface area contributed by atoms with Gasteiger partial charge in [-0.25, -0.2) is 13.2 Å². The third-order valence-electron chi connectivity index (χ3n) is 3.18. The van der Waals surface area contributed by atoms with E-state index in [1.54, 1.807) is 0 Å². The number of nitrogens with one attached hydrogen (secondary N) is 1. The maximum atomic E-state index is 13.1. The van der Waals surface area contributed by atoms with E-state index in [1.165, 1.54) is 24.3 Å². The average molecular weight is 322 g/mol. The molecule has 2 rings (SSSR count). The molecule has 0 spiro atoms. The second kappa shape index (κ2) is 6.95. The smallest absolute Gasteiger partial charge is 0.252 e. The Morgan fingerprint density at radius 2 is 1.65 bits per heavy atom. The maximum Gasteiger partial charge on any atom is 0.252 e. The highest BCUT2D eigenvalue weighted by Gasteiger charge is 2.20. The molecule has 4 nitrogen and oxygen atoms in total. The van der Waals surface area contributed by atoms with Gasteiger partial charge in [0.2, 0.25) is 5.91 Å². The van der Waals surface area contributed by atoms with Crippen LogP contribution >= 0.6 is 0 Å². The Balaban J connectivity index is 2.12. The van der Waals surface area contributed by atoms with Gasteiger partial charge in [-0.05, 0) is 35.9 Å². The van der Waals surface area contributed by atoms with Gasteiger partial charge in [0, 0.05) is 12.0 Å². The summed E-state index contributed by atoms with van der Waals surface area (Å²) in [4.78, 5) is 23.5. The molecule has 1 atom stereocenters. The van der Waals surface area contributed by atoms with Gasteiger partial charge in [0.25, 0.3) is 5.91 Å². The van der Waals surface area contributed by atoms with E-state index >= 15 is 0 Å². The number of benzene rings is 2. The molecular formula is C16H13F3N2O2. The zero-order chi connectivity index (χ0) is 17.0. The molecule has 0 aliphatic heterocycles. The molecule has 0 saturated carbocycles. The lowest BCUT2D eigenvalue weighted by atomic mass is 10.0. The molecule has 120 valence electrons. The van der Waals surface area contributed by atoms with E-state index in [4.69, 9.17) is 5.73 Å². The first-order valence-electron chi connectivity index (χ1n) is 6.66. The van der Waals surface area contributed by atoms with E-state index in [0.29, 0.717) is 5.56 Å². The standard InChI is InChI=1S/C16H13F3N2O2/c17-11-4-1-9(2-5-11)7-14(15(20)22)21-16(23)10-3-6-12(18)13(19)8-10/h1-6,8,14H,7H2,(H2,20,22)(H,21,23)/t14-/m0/s1. The number of primary amides is 1. The summed E-state index contributed by atoms with van der Waals surface area (Å²) in [5.41, 5.74) is 5.67. The average Bonchev–Trinajstić information content (AvgIpc) is 2.51. The van der Waals surface area contributed by atoms with Crippen molar-refractivity contribution in [2.45, 2.75) is 12.5 Å². The fraction of sp³-hybridized carbons (Fsp3) is 0.125. The van der Waals surface area contributed by atoms with Crippen LogP contribution in [0.4, 0.5) is 13.2 Å². The molecule has 0 aliphatic carbocycles. The van der Waals surface area contributed by atoms with Gasteiger partial charge in [-0.15, -0.1) is 0 Å². The minimum absolute atomic E-state index is 0.0467. The van der Waals surface area contributed by atoms with E-state index in [9.17, 15) is 22.8 Å². The van der Waals surface area contributed by atoms with E-state index < -0.39 is 35.3 Å². The normalized spacial score (nSPS) is 11.8. The molecule has 0 saturated heterocycles. The number of rotatable bonds is 5. The minimum Gasteiger partial charge on any atom is -0.368 e. The fourth-order valence-corrected chi connectivity index (χ4v) is 1.96. The van der Waals surface area contributed by atoms with Crippen molar-refractivity contribution in [3.63, 3.8) is 0 Å². The van der Waals surface area contributed by atoms with Crippen LogP contribution in [0.25, 0.3) is 0 Å². The maximum absolute atomic E-state index is 13.1. The van der Waals surface area contributed by atoms with Crippen LogP contribution in [0.5, 0.6) is 0 Å². The first kappa shape index (κ1) is 16.5. The Labute approximate surface area is 130 Å². The zero-order valence-electron chi connectivity index (χ0n) is 11.9. The first-order valence-corrected chi connectivity index (χ1v) is 6.66. The summed E-state index contributed by atoms with van der Waals surface area (Å²) in [6.07, 6.45) is 0.0467. The van der Waals surface area contributed by atoms with Crippen molar-refractivity contribution in [3.05, 3.63) is 71.0 Å². The van der Waals surface area contributed by atoms with Crippen molar-refractivity contribution < 1.29 is 22.8 Å². The van der Waals surface area contributed by atoms with Gasteiger partial charge in [0.1, 0.15) is 11.9 Å². The molecule has 2 aromatic rings. The van der Waals surface area contributed by atoms with Crippen LogP contribution in [-0.2, 0) is 11.2 Å². The second-order valence-electron chi connectivity index (χ2n) is 4.89. The Hall–Kier alpha value is -2.83. The SMILES string of the molecule is NC(=O)[C@H](Cc1ccc(F)cc1)NC(=O)c1ccc(F)c(F)c1. The van der Waals surface area contributed by atoms with Crippen LogP contribution < -0.4 is 11.1 Å². The fourth-order valence-electron chi connectivity index (χ4n) is 1.96. The largest absolute Gasteiger partial charge is 0.368 e. The minimum atomic E-state index is -1.17. The highest BCUT2D eigenvalue weighted by Crippen LogP contribution is 2.10. The lowest BCUT2D eigenvalue weighted by Crippen LogP contribution is -2.45. The number of nitrogens with two attached hydrogens (primary N) is 1. The van der Waals surface area contributed by atoms with Crippen LogP contribution in [0.15, 0.2) is 42.5 Å². The van der Waals surface area contributed by atoms with Crippen LogP contribution in [0, 0.1) is 17.5 Å². The quantitative estimate of drug-likeness (QED) is 0.883. The van der Waals surface area contributed by atoms with Crippen LogP contribution in [0.3, 0.4) is 0 Å². The summed E-state index contributed by atoms with van der Waals surface area (Å²) in [7, 11) is 0. The summed E-state index contributed by atoms with van der Waals surface area (Å²) in [5.74, 6) is -4.26. The number of amides is 2. The zero-order valence-corrected chi connectivity index (χ0v) is 11.9. The van der Waals surface area contributed by atoms with Crippen molar-refractivity contribution in [1.29, 1.82) is 0 Å². The number of carbonyl (C=O) groups is 2. The topological polar surface area (TPSA) is 72.2 Å². The Morgan fingerprint density at radius 1 is 1.00 bits per heavy atom. The highest BCUT2D eigenvalue weighted by molar-refractivity contribution is 5.97. The summed E-state index contributed by atoms with van der Waals surface area (Å²) < 4.78 is 38.9. The molecule has 0 aliphatic rings. The van der Waals surface area contributed by atoms with E-state index in [1.807, 2.05) is 0 Å². The molecule has 7 heteroatoms. The first-order chi connectivity index (χ1) is 10.9. The van der Waals surface area contributed by atoms with Crippen molar-refractivity contribution >= 4 is 11.8 Å². The third kappa shape index (κ3) is 4.32. The Morgan fingerprint density at radius 3 is 2.22 bits per heavy atom. The third-order valence-corrected chi connectivity index (χ3v) is 3.18. The predicted octanol–water partition coefficient (Wildman–Crippen LogP) is 1.93. The summed E-state index contributed by atoms with van der Waals surface area (Å²) >= 11 is 0. The predicted molar refractivity (Wildman–Crippen MR) is 76.9 cm³/mol. The molecular weight excluding hydrogens is 309 g/mol. The van der Waals surface area contributed by atoms with Crippen molar-refractivity contribution in [2.75, 3.05) is 0 Å². The molecule has 3 N–H and O–H groups in total. The van der Waals surface area contributed by atoms with Crippen molar-refractivity contribution in [3.8, 4) is 0 Å². The van der Waals surface area contributed by atoms with Gasteiger partial charge >= 0.3 is 0 Å². The van der Waals surface area contributed by atoms with E-state index in [0.717, 1.165) is 18.2 Å². The summed E-state index contributed by atoms with van der Waals surface area (Å²) in [5, 5.41) is 2.35. The van der Waals surface area contributed by atoms with Gasteiger partial charge in [0.05, 0.1) is 0 Å². The van der Waals surface area contributed by atoms with Crippen molar-refractivity contribution in [1.82, 2.24) is 5.32 Å². The Kier molecular flexibility index (Phi) is 5.00. The van der Waals surface area contributed by atoms with Crippen LogP contribution in [-0.4, -0.2) is 17.9 Å². The summed E-state index contributed by atoms with van der Waals surface area (Å²) in [6.45, 7) is 0. The summed E-state index contributed by atoms with van der Waals surface area (Å²) in [6, 6.07) is 6.88. The number of hydrogen-bond donors (Lipinski definition) is 2. The molecule has 23 heavy (non-hydrogen) atoms. The Bertz CT molecular complexity index is 733. The van der Waals surface area contributed by atoms with Gasteiger partial charge in [0.15, 0.2) is 11.6 Å². The van der Waals surface area contributed by atoms with Gasteiger partial charge < -0.3 is 11.1 Å². The van der Waals surface area contributed by atoms with Crippen LogP contribution in [0.1, 0.15) is 15.9 Å². The van der Waals surface area contributed by atoms with E-state index in [2.05, 4.69) is 5.32 Å². The monoisotopic (exact) mass is 322 g/mol. The van der Waals surface area contributed by atoms with E-state index in [-0.39, 0.29) is 12.0 Å². The number of hydrogen-bond acceptors (Lipinski definition) is 2. The molecule has 0 fully saturated rings. The highest BCUT2D eigenvalue weighted by atomic mass is 19.2. The lowest BCUT2D eigenvalue weighted by Gasteiger charge is -2.15. The van der Waals surface area contributed by atoms with Crippen LogP contribution in [0.2, 0.25) is 0 Å². The lowest BCUT2D eigenvalue weighted by molar-refractivity contribution is -0.119. The molecule has 0 unspecified atom stereocenters. The second-order valence-corrected chi connectivity index (χ2v) is 4.89. The number of carbonyl (C=O) groups excluding carboxylic acids is 2. The molecule has 0 aromatic heterocycles.